The van der Waals surface area contributed by atoms with Crippen molar-refractivity contribution in [2.24, 2.45) is 16.7 Å². The molecule has 2 bridgehead atoms. The molecule has 2 aliphatic carbocycles. The maximum atomic E-state index is 11.3. The van der Waals surface area contributed by atoms with Gasteiger partial charge >= 0.3 is 5.97 Å². The number of esters is 1. The van der Waals surface area contributed by atoms with Crippen molar-refractivity contribution in [3.8, 4) is 0 Å². The summed E-state index contributed by atoms with van der Waals surface area (Å²) in [4.78, 5) is 11.0. The predicted molar refractivity (Wildman–Crippen MR) is 73.7 cm³/mol. The van der Waals surface area contributed by atoms with E-state index < -0.39 is 0 Å². The molecule has 2 fully saturated rings. The Labute approximate surface area is 118 Å². The summed E-state index contributed by atoms with van der Waals surface area (Å²) in [6.45, 7) is 7.46. The smallest absolute Gasteiger partial charge is 0.321 e. The van der Waals surface area contributed by atoms with Crippen LogP contribution in [0.15, 0.2) is 0 Å². The highest BCUT2D eigenvalue weighted by Crippen LogP contribution is 2.66. The monoisotopic (exact) mass is 318 g/mol. The molecule has 0 radical (unpaired) electrons. The van der Waals surface area contributed by atoms with Crippen molar-refractivity contribution in [3.63, 3.8) is 0 Å². The number of ether oxygens (including phenoxy) is 2. The first-order chi connectivity index (χ1) is 8.33. The third-order valence-corrected chi connectivity index (χ3v) is 6.25. The standard InChI is InChI=1S/C14H23BrO3/c1-13(2)9-5-6-14(13,3)11(7-9)18-8-10(15)12(16)17-4/h9-11H,5-8H2,1-4H3. The molecule has 104 valence electrons. The van der Waals surface area contributed by atoms with Crippen LogP contribution in [0.5, 0.6) is 0 Å². The topological polar surface area (TPSA) is 35.5 Å². The van der Waals surface area contributed by atoms with Crippen molar-refractivity contribution in [2.45, 2.75) is 51.0 Å². The van der Waals surface area contributed by atoms with E-state index in [1.165, 1.54) is 20.0 Å². The third-order valence-electron chi connectivity index (χ3n) is 5.61. The highest BCUT2D eigenvalue weighted by atomic mass is 79.9. The maximum Gasteiger partial charge on any atom is 0.321 e. The lowest BCUT2D eigenvalue weighted by Gasteiger charge is -2.39. The lowest BCUT2D eigenvalue weighted by molar-refractivity contribution is -0.142. The van der Waals surface area contributed by atoms with E-state index in [1.54, 1.807) is 0 Å². The van der Waals surface area contributed by atoms with Crippen LogP contribution in [0, 0.1) is 16.7 Å². The van der Waals surface area contributed by atoms with E-state index in [9.17, 15) is 4.79 Å². The van der Waals surface area contributed by atoms with Gasteiger partial charge < -0.3 is 9.47 Å². The fraction of sp³-hybridized carbons (Fsp3) is 0.929. The zero-order valence-electron chi connectivity index (χ0n) is 11.7. The Morgan fingerprint density at radius 2 is 2.11 bits per heavy atom. The highest BCUT2D eigenvalue weighted by Gasteiger charge is 2.61. The molecule has 2 saturated carbocycles. The SMILES string of the molecule is COC(=O)C(Br)COC1CC2CCC1(C)C2(C)C. The summed E-state index contributed by atoms with van der Waals surface area (Å²) in [5, 5.41) is 0. The van der Waals surface area contributed by atoms with Gasteiger partial charge in [-0.25, -0.2) is 0 Å². The molecule has 4 heteroatoms. The molecule has 0 aliphatic heterocycles. The van der Waals surface area contributed by atoms with Crippen LogP contribution in [-0.2, 0) is 14.3 Å². The first-order valence-corrected chi connectivity index (χ1v) is 7.58. The van der Waals surface area contributed by atoms with Gasteiger partial charge in [-0.2, -0.15) is 0 Å². The minimum absolute atomic E-state index is 0.251. The second-order valence-corrected chi connectivity index (χ2v) is 7.53. The largest absolute Gasteiger partial charge is 0.468 e. The first kappa shape index (κ1) is 14.3. The van der Waals surface area contributed by atoms with Crippen LogP contribution in [-0.4, -0.2) is 30.6 Å². The summed E-state index contributed by atoms with van der Waals surface area (Å²) in [6.07, 6.45) is 3.96. The number of hydrogen-bond donors (Lipinski definition) is 0. The van der Waals surface area contributed by atoms with E-state index in [1.807, 2.05) is 0 Å². The second kappa shape index (κ2) is 4.78. The van der Waals surface area contributed by atoms with Gasteiger partial charge in [0.05, 0.1) is 19.8 Å². The van der Waals surface area contributed by atoms with Crippen molar-refractivity contribution in [1.82, 2.24) is 0 Å². The van der Waals surface area contributed by atoms with Gasteiger partial charge in [0.1, 0.15) is 4.83 Å². The van der Waals surface area contributed by atoms with Gasteiger partial charge in [-0.3, -0.25) is 4.79 Å². The molecular weight excluding hydrogens is 296 g/mol. The fourth-order valence-electron chi connectivity index (χ4n) is 3.78. The van der Waals surface area contributed by atoms with Crippen LogP contribution < -0.4 is 0 Å². The van der Waals surface area contributed by atoms with Crippen LogP contribution in [0.1, 0.15) is 40.0 Å². The molecule has 3 nitrogen and oxygen atoms in total. The molecule has 0 saturated heterocycles. The van der Waals surface area contributed by atoms with E-state index in [0.29, 0.717) is 12.0 Å². The lowest BCUT2D eigenvalue weighted by atomic mass is 9.70. The summed E-state index contributed by atoms with van der Waals surface area (Å²) in [6, 6.07) is 0. The molecule has 0 aromatic heterocycles. The van der Waals surface area contributed by atoms with E-state index >= 15 is 0 Å². The number of carbonyl (C=O) groups is 1. The average Bonchev–Trinajstić information content (AvgIpc) is 2.67. The molecule has 0 spiro atoms. The molecule has 2 rings (SSSR count). The van der Waals surface area contributed by atoms with Crippen LogP contribution in [0.25, 0.3) is 0 Å². The normalized spacial score (nSPS) is 38.7. The number of hydrogen-bond acceptors (Lipinski definition) is 3. The molecule has 18 heavy (non-hydrogen) atoms. The predicted octanol–water partition coefficient (Wildman–Crippen LogP) is 3.15. The van der Waals surface area contributed by atoms with Crippen molar-refractivity contribution < 1.29 is 14.3 Å². The van der Waals surface area contributed by atoms with E-state index in [-0.39, 0.29) is 22.3 Å². The number of alkyl halides is 1. The van der Waals surface area contributed by atoms with Gasteiger partial charge in [0.25, 0.3) is 0 Å². The second-order valence-electron chi connectivity index (χ2n) is 6.42. The van der Waals surface area contributed by atoms with Crippen molar-refractivity contribution in [2.75, 3.05) is 13.7 Å². The number of rotatable bonds is 4. The van der Waals surface area contributed by atoms with Crippen molar-refractivity contribution >= 4 is 21.9 Å². The molecule has 4 unspecified atom stereocenters. The van der Waals surface area contributed by atoms with Crippen LogP contribution in [0.2, 0.25) is 0 Å². The molecule has 0 heterocycles. The van der Waals surface area contributed by atoms with Crippen LogP contribution in [0.3, 0.4) is 0 Å². The number of halogens is 1. The first-order valence-electron chi connectivity index (χ1n) is 6.66. The van der Waals surface area contributed by atoms with Gasteiger partial charge in [-0.1, -0.05) is 36.7 Å². The molecular formula is C14H23BrO3. The quantitative estimate of drug-likeness (QED) is 0.590. The zero-order chi connectivity index (χ0) is 13.6. The maximum absolute atomic E-state index is 11.3. The summed E-state index contributed by atoms with van der Waals surface area (Å²) in [5.41, 5.74) is 0.602. The van der Waals surface area contributed by atoms with Gasteiger partial charge in [-0.15, -0.1) is 0 Å². The molecule has 0 N–H and O–H groups in total. The Morgan fingerprint density at radius 3 is 2.56 bits per heavy atom. The lowest BCUT2D eigenvalue weighted by Crippen LogP contribution is -2.38. The minimum Gasteiger partial charge on any atom is -0.468 e. The average molecular weight is 319 g/mol. The van der Waals surface area contributed by atoms with E-state index in [0.717, 1.165) is 12.3 Å². The Balaban J connectivity index is 1.95. The van der Waals surface area contributed by atoms with Gasteiger partial charge in [0.2, 0.25) is 0 Å². The van der Waals surface area contributed by atoms with Crippen LogP contribution >= 0.6 is 15.9 Å². The summed E-state index contributed by atoms with van der Waals surface area (Å²) in [7, 11) is 1.40. The van der Waals surface area contributed by atoms with E-state index in [2.05, 4.69) is 41.4 Å². The third kappa shape index (κ3) is 2.01. The molecule has 4 atom stereocenters. The van der Waals surface area contributed by atoms with Crippen molar-refractivity contribution in [3.05, 3.63) is 0 Å². The van der Waals surface area contributed by atoms with Gasteiger partial charge in [0.15, 0.2) is 0 Å². The summed E-state index contributed by atoms with van der Waals surface area (Å²) < 4.78 is 10.7. The summed E-state index contributed by atoms with van der Waals surface area (Å²) >= 11 is 3.31. The van der Waals surface area contributed by atoms with Crippen molar-refractivity contribution in [1.29, 1.82) is 0 Å². The molecule has 0 aromatic rings. The Morgan fingerprint density at radius 1 is 1.44 bits per heavy atom. The number of fused-ring (bicyclic) bond motifs is 2. The van der Waals surface area contributed by atoms with Crippen LogP contribution in [0.4, 0.5) is 0 Å². The van der Waals surface area contributed by atoms with E-state index in [4.69, 9.17) is 4.74 Å². The Bertz CT molecular complexity index is 342. The summed E-state index contributed by atoms with van der Waals surface area (Å²) in [5.74, 6) is 0.502. The zero-order valence-corrected chi connectivity index (χ0v) is 13.2. The molecule has 0 aromatic carbocycles. The number of methoxy groups -OCH3 is 1. The minimum atomic E-state index is -0.353. The Kier molecular flexibility index (Phi) is 3.81. The van der Waals surface area contributed by atoms with Gasteiger partial charge in [-0.05, 0) is 36.0 Å². The van der Waals surface area contributed by atoms with Gasteiger partial charge in [0, 0.05) is 0 Å². The molecule has 0 amide bonds. The fourth-order valence-corrected chi connectivity index (χ4v) is 4.12. The Hall–Kier alpha value is -0.0900. The number of carbonyl (C=O) groups excluding carboxylic acids is 1. The molecule has 2 aliphatic rings. The highest BCUT2D eigenvalue weighted by molar-refractivity contribution is 9.10.